The van der Waals surface area contributed by atoms with Gasteiger partial charge >= 0.3 is 5.97 Å². The molecule has 0 radical (unpaired) electrons. The molecule has 1 aromatic rings. The summed E-state index contributed by atoms with van der Waals surface area (Å²) < 4.78 is 0. The maximum atomic E-state index is 10.6. The van der Waals surface area contributed by atoms with Gasteiger partial charge in [0.2, 0.25) is 0 Å². The van der Waals surface area contributed by atoms with E-state index in [1.165, 1.54) is 11.3 Å². The Bertz CT molecular complexity index is 454. The minimum Gasteiger partial charge on any atom is -0.481 e. The second-order valence-corrected chi connectivity index (χ2v) is 5.41. The molecule has 0 spiro atoms. The highest BCUT2D eigenvalue weighted by Gasteiger charge is 2.27. The van der Waals surface area contributed by atoms with Crippen LogP contribution in [-0.2, 0) is 17.6 Å². The van der Waals surface area contributed by atoms with E-state index in [2.05, 4.69) is 43.9 Å². The summed E-state index contributed by atoms with van der Waals surface area (Å²) in [5.41, 5.74) is 3.80. The molecule has 0 bridgehead atoms. The Morgan fingerprint density at radius 3 is 2.83 bits per heavy atom. The standard InChI is InChI=1S/C15H21NO2/c1-10(2)16-11(3)8-13-6-4-12(9-14(13)16)5-7-15(17)18/h4,6,9-11H,5,7-8H2,1-3H3,(H,17,18). The zero-order valence-electron chi connectivity index (χ0n) is 11.3. The summed E-state index contributed by atoms with van der Waals surface area (Å²) in [5, 5.41) is 8.74. The number of nitrogens with zero attached hydrogens (tertiary/aromatic N) is 1. The topological polar surface area (TPSA) is 40.5 Å². The molecular formula is C15H21NO2. The minimum absolute atomic E-state index is 0.204. The largest absolute Gasteiger partial charge is 0.481 e. The maximum Gasteiger partial charge on any atom is 0.303 e. The van der Waals surface area contributed by atoms with Crippen molar-refractivity contribution in [3.8, 4) is 0 Å². The molecule has 0 aromatic heterocycles. The number of hydrogen-bond donors (Lipinski definition) is 1. The molecule has 1 aliphatic rings. The Morgan fingerprint density at radius 1 is 1.50 bits per heavy atom. The number of fused-ring (bicyclic) bond motifs is 1. The lowest BCUT2D eigenvalue weighted by Gasteiger charge is -2.29. The van der Waals surface area contributed by atoms with Gasteiger partial charge in [0.15, 0.2) is 0 Å². The highest BCUT2D eigenvalue weighted by Crippen LogP contribution is 2.34. The predicted octanol–water partition coefficient (Wildman–Crippen LogP) is 2.86. The average Bonchev–Trinajstić information content (AvgIpc) is 2.61. The van der Waals surface area contributed by atoms with E-state index in [1.54, 1.807) is 0 Å². The fourth-order valence-corrected chi connectivity index (χ4v) is 2.87. The first-order valence-corrected chi connectivity index (χ1v) is 6.61. The first kappa shape index (κ1) is 12.9. The minimum atomic E-state index is -0.732. The number of carboxylic acids is 1. The van der Waals surface area contributed by atoms with E-state index >= 15 is 0 Å². The molecule has 2 rings (SSSR count). The second kappa shape index (κ2) is 5.01. The van der Waals surface area contributed by atoms with Crippen molar-refractivity contribution in [1.29, 1.82) is 0 Å². The van der Waals surface area contributed by atoms with Crippen LogP contribution in [0.1, 0.15) is 38.3 Å². The first-order chi connectivity index (χ1) is 8.49. The zero-order valence-corrected chi connectivity index (χ0v) is 11.3. The molecule has 0 aliphatic carbocycles. The normalized spacial score (nSPS) is 18.2. The van der Waals surface area contributed by atoms with Crippen molar-refractivity contribution in [2.75, 3.05) is 4.90 Å². The number of anilines is 1. The number of benzene rings is 1. The Kier molecular flexibility index (Phi) is 3.60. The lowest BCUT2D eigenvalue weighted by Crippen LogP contribution is -2.35. The lowest BCUT2D eigenvalue weighted by molar-refractivity contribution is -0.136. The molecule has 18 heavy (non-hydrogen) atoms. The van der Waals surface area contributed by atoms with Gasteiger partial charge < -0.3 is 10.0 Å². The van der Waals surface area contributed by atoms with Crippen LogP contribution in [0.25, 0.3) is 0 Å². The first-order valence-electron chi connectivity index (χ1n) is 6.61. The second-order valence-electron chi connectivity index (χ2n) is 5.41. The summed E-state index contributed by atoms with van der Waals surface area (Å²) in [6.07, 6.45) is 1.91. The van der Waals surface area contributed by atoms with E-state index < -0.39 is 5.97 Å². The summed E-state index contributed by atoms with van der Waals surface area (Å²) in [7, 11) is 0. The van der Waals surface area contributed by atoms with Gasteiger partial charge in [-0.05, 0) is 50.8 Å². The van der Waals surface area contributed by atoms with Gasteiger partial charge in [0.25, 0.3) is 0 Å². The van der Waals surface area contributed by atoms with Crippen LogP contribution in [0.5, 0.6) is 0 Å². The number of carboxylic acid groups (broad SMARTS) is 1. The molecule has 3 heteroatoms. The predicted molar refractivity (Wildman–Crippen MR) is 73.2 cm³/mol. The summed E-state index contributed by atoms with van der Waals surface area (Å²) in [6, 6.07) is 7.41. The highest BCUT2D eigenvalue weighted by molar-refractivity contribution is 5.67. The van der Waals surface area contributed by atoms with Crippen molar-refractivity contribution < 1.29 is 9.90 Å². The van der Waals surface area contributed by atoms with Crippen molar-refractivity contribution in [3.63, 3.8) is 0 Å². The summed E-state index contributed by atoms with van der Waals surface area (Å²) >= 11 is 0. The Labute approximate surface area is 108 Å². The fraction of sp³-hybridized carbons (Fsp3) is 0.533. The van der Waals surface area contributed by atoms with Gasteiger partial charge in [-0.1, -0.05) is 12.1 Å². The van der Waals surface area contributed by atoms with Crippen molar-refractivity contribution >= 4 is 11.7 Å². The lowest BCUT2D eigenvalue weighted by atomic mass is 10.0. The van der Waals surface area contributed by atoms with Crippen molar-refractivity contribution in [2.45, 2.75) is 52.1 Å². The Hall–Kier alpha value is -1.51. The number of aryl methyl sites for hydroxylation is 1. The molecule has 1 aliphatic heterocycles. The molecule has 0 fully saturated rings. The monoisotopic (exact) mass is 247 g/mol. The van der Waals surface area contributed by atoms with Crippen molar-refractivity contribution in [3.05, 3.63) is 29.3 Å². The molecular weight excluding hydrogens is 226 g/mol. The van der Waals surface area contributed by atoms with E-state index in [1.807, 2.05) is 0 Å². The fourth-order valence-electron chi connectivity index (χ4n) is 2.87. The molecule has 1 unspecified atom stereocenters. The van der Waals surface area contributed by atoms with Crippen LogP contribution in [0.4, 0.5) is 5.69 Å². The van der Waals surface area contributed by atoms with Crippen LogP contribution in [0.15, 0.2) is 18.2 Å². The molecule has 1 N–H and O–H groups in total. The van der Waals surface area contributed by atoms with E-state index in [0.717, 1.165) is 12.0 Å². The van der Waals surface area contributed by atoms with Gasteiger partial charge in [0.1, 0.15) is 0 Å². The number of carbonyl (C=O) groups is 1. The Morgan fingerprint density at radius 2 is 2.22 bits per heavy atom. The van der Waals surface area contributed by atoms with E-state index in [0.29, 0.717) is 18.5 Å². The van der Waals surface area contributed by atoms with E-state index in [4.69, 9.17) is 5.11 Å². The van der Waals surface area contributed by atoms with Crippen LogP contribution in [0.2, 0.25) is 0 Å². The number of hydrogen-bond acceptors (Lipinski definition) is 2. The zero-order chi connectivity index (χ0) is 13.3. The van der Waals surface area contributed by atoms with Crippen LogP contribution >= 0.6 is 0 Å². The molecule has 98 valence electrons. The molecule has 0 amide bonds. The van der Waals surface area contributed by atoms with Crippen LogP contribution in [-0.4, -0.2) is 23.2 Å². The third-order valence-electron chi connectivity index (χ3n) is 3.60. The molecule has 1 atom stereocenters. The van der Waals surface area contributed by atoms with Crippen LogP contribution < -0.4 is 4.90 Å². The van der Waals surface area contributed by atoms with Crippen LogP contribution in [0.3, 0.4) is 0 Å². The Balaban J connectivity index is 2.23. The summed E-state index contributed by atoms with van der Waals surface area (Å²) in [4.78, 5) is 13.1. The number of rotatable bonds is 4. The molecule has 3 nitrogen and oxygen atoms in total. The van der Waals surface area contributed by atoms with Gasteiger partial charge in [-0.3, -0.25) is 4.79 Å². The van der Waals surface area contributed by atoms with Gasteiger partial charge in [-0.15, -0.1) is 0 Å². The van der Waals surface area contributed by atoms with Gasteiger partial charge in [-0.2, -0.15) is 0 Å². The summed E-state index contributed by atoms with van der Waals surface area (Å²) in [5.74, 6) is -0.732. The third kappa shape index (κ3) is 2.50. The third-order valence-corrected chi connectivity index (χ3v) is 3.60. The van der Waals surface area contributed by atoms with E-state index in [9.17, 15) is 4.79 Å². The van der Waals surface area contributed by atoms with Gasteiger partial charge in [0.05, 0.1) is 0 Å². The van der Waals surface area contributed by atoms with Gasteiger partial charge in [-0.25, -0.2) is 0 Å². The smallest absolute Gasteiger partial charge is 0.303 e. The highest BCUT2D eigenvalue weighted by atomic mass is 16.4. The average molecular weight is 247 g/mol. The summed E-state index contributed by atoms with van der Waals surface area (Å²) in [6.45, 7) is 6.65. The molecule has 1 aromatic carbocycles. The quantitative estimate of drug-likeness (QED) is 0.889. The van der Waals surface area contributed by atoms with E-state index in [-0.39, 0.29) is 6.42 Å². The van der Waals surface area contributed by atoms with Crippen molar-refractivity contribution in [2.24, 2.45) is 0 Å². The van der Waals surface area contributed by atoms with Crippen molar-refractivity contribution in [1.82, 2.24) is 0 Å². The SMILES string of the molecule is CC(C)N1c2cc(CCC(=O)O)ccc2CC1C. The molecule has 0 saturated carbocycles. The molecule has 0 saturated heterocycles. The molecule has 1 heterocycles. The number of aliphatic carboxylic acids is 1. The maximum absolute atomic E-state index is 10.6. The van der Waals surface area contributed by atoms with Gasteiger partial charge in [0, 0.05) is 24.2 Å². The van der Waals surface area contributed by atoms with Crippen LogP contribution in [0, 0.1) is 0 Å².